The van der Waals surface area contributed by atoms with Crippen molar-refractivity contribution in [2.24, 2.45) is 0 Å². The van der Waals surface area contributed by atoms with E-state index in [4.69, 9.17) is 23.2 Å². The van der Waals surface area contributed by atoms with Crippen molar-refractivity contribution >= 4 is 58.0 Å². The molecule has 0 unspecified atom stereocenters. The first-order chi connectivity index (χ1) is 16.7. The van der Waals surface area contributed by atoms with Crippen LogP contribution in [0.2, 0.25) is 10.0 Å². The third-order valence-corrected chi connectivity index (χ3v) is 5.82. The number of hydrogen-bond donors (Lipinski definition) is 3. The number of carbonyl (C=O) groups excluding carboxylic acids is 3. The van der Waals surface area contributed by atoms with E-state index in [9.17, 15) is 19.5 Å². The molecule has 1 aromatic heterocycles. The molecule has 1 aliphatic heterocycles. The van der Waals surface area contributed by atoms with Crippen molar-refractivity contribution in [2.45, 2.75) is 6.42 Å². The molecule has 10 heteroatoms. The highest BCUT2D eigenvalue weighted by Gasteiger charge is 2.22. The molecule has 1 aliphatic rings. The van der Waals surface area contributed by atoms with Gasteiger partial charge in [-0.15, -0.1) is 0 Å². The summed E-state index contributed by atoms with van der Waals surface area (Å²) in [6.07, 6.45) is 4.00. The van der Waals surface area contributed by atoms with Crippen molar-refractivity contribution in [3.63, 3.8) is 0 Å². The molecular weight excluding hydrogens is 491 g/mol. The standard InChI is InChI=1S/C25H20Cl2N4O4/c1-31-10-2-3-18(25(31)35)14-4-6-15(7-5-14)23(33)30-22-19(11-17(27)12-20(22)32)24(34)29-21-9-8-16(26)13-28-21/h3-9,11-13,32H,2,10H2,1H3,(H,30,33)(H,28,29,34). The molecule has 0 radical (unpaired) electrons. The number of phenolic OH excluding ortho intramolecular Hbond substituents is 1. The van der Waals surface area contributed by atoms with Crippen LogP contribution in [0.4, 0.5) is 11.5 Å². The molecule has 178 valence electrons. The first-order valence-corrected chi connectivity index (χ1v) is 11.3. The van der Waals surface area contributed by atoms with Crippen LogP contribution in [0, 0.1) is 0 Å². The van der Waals surface area contributed by atoms with Crippen molar-refractivity contribution in [1.82, 2.24) is 9.88 Å². The van der Waals surface area contributed by atoms with Crippen molar-refractivity contribution < 1.29 is 19.5 Å². The van der Waals surface area contributed by atoms with E-state index >= 15 is 0 Å². The Kier molecular flexibility index (Phi) is 7.04. The van der Waals surface area contributed by atoms with Gasteiger partial charge in [0.15, 0.2) is 0 Å². The average molecular weight is 511 g/mol. The van der Waals surface area contributed by atoms with E-state index in [1.807, 2.05) is 6.08 Å². The normalized spacial score (nSPS) is 13.3. The highest BCUT2D eigenvalue weighted by molar-refractivity contribution is 6.32. The van der Waals surface area contributed by atoms with Gasteiger partial charge in [-0.2, -0.15) is 0 Å². The molecule has 3 amide bonds. The van der Waals surface area contributed by atoms with Gasteiger partial charge in [0.2, 0.25) is 0 Å². The SMILES string of the molecule is CN1CCC=C(c2ccc(C(=O)Nc3c(O)cc(Cl)cc3C(=O)Nc3ccc(Cl)cn3)cc2)C1=O. The summed E-state index contributed by atoms with van der Waals surface area (Å²) in [6.45, 7) is 0.664. The summed E-state index contributed by atoms with van der Waals surface area (Å²) in [5.74, 6) is -1.43. The molecule has 0 atom stereocenters. The minimum atomic E-state index is -0.643. The number of aromatic hydroxyl groups is 1. The molecule has 0 aliphatic carbocycles. The lowest BCUT2D eigenvalue weighted by Crippen LogP contribution is -2.31. The third kappa shape index (κ3) is 5.45. The maximum absolute atomic E-state index is 12.9. The summed E-state index contributed by atoms with van der Waals surface area (Å²) in [6, 6.07) is 12.1. The van der Waals surface area contributed by atoms with E-state index in [0.29, 0.717) is 22.7 Å². The lowest BCUT2D eigenvalue weighted by molar-refractivity contribution is -0.124. The number of anilines is 2. The molecule has 2 aromatic carbocycles. The van der Waals surface area contributed by atoms with E-state index in [0.717, 1.165) is 6.42 Å². The highest BCUT2D eigenvalue weighted by Crippen LogP contribution is 2.33. The highest BCUT2D eigenvalue weighted by atomic mass is 35.5. The zero-order valence-electron chi connectivity index (χ0n) is 18.5. The molecule has 3 aromatic rings. The molecule has 0 saturated heterocycles. The Balaban J connectivity index is 1.56. The lowest BCUT2D eigenvalue weighted by atomic mass is 9.99. The van der Waals surface area contributed by atoms with Gasteiger partial charge in [-0.25, -0.2) is 4.98 Å². The number of likely N-dealkylation sites (N-methyl/N-ethyl adjacent to an activating group) is 1. The number of pyridine rings is 1. The summed E-state index contributed by atoms with van der Waals surface area (Å²) in [4.78, 5) is 43.8. The number of nitrogens with one attached hydrogen (secondary N) is 2. The van der Waals surface area contributed by atoms with Gasteiger partial charge < -0.3 is 20.6 Å². The second-order valence-electron chi connectivity index (χ2n) is 7.83. The van der Waals surface area contributed by atoms with Crippen molar-refractivity contribution in [1.29, 1.82) is 0 Å². The van der Waals surface area contributed by atoms with Crippen LogP contribution < -0.4 is 10.6 Å². The first-order valence-electron chi connectivity index (χ1n) is 10.6. The number of phenols is 1. The second kappa shape index (κ2) is 10.2. The zero-order valence-corrected chi connectivity index (χ0v) is 20.0. The average Bonchev–Trinajstić information content (AvgIpc) is 2.84. The van der Waals surface area contributed by atoms with Gasteiger partial charge in [-0.1, -0.05) is 41.4 Å². The Morgan fingerprint density at radius 1 is 1.00 bits per heavy atom. The van der Waals surface area contributed by atoms with Crippen LogP contribution in [0.1, 0.15) is 32.7 Å². The maximum atomic E-state index is 12.9. The number of hydrogen-bond acceptors (Lipinski definition) is 5. The fourth-order valence-corrected chi connectivity index (χ4v) is 3.89. The topological polar surface area (TPSA) is 112 Å². The molecule has 3 N–H and O–H groups in total. The summed E-state index contributed by atoms with van der Waals surface area (Å²) >= 11 is 11.9. The van der Waals surface area contributed by atoms with Crippen LogP contribution in [0.5, 0.6) is 5.75 Å². The number of rotatable bonds is 5. The fraction of sp³-hybridized carbons (Fsp3) is 0.120. The van der Waals surface area contributed by atoms with Crippen LogP contribution in [0.15, 0.2) is 60.8 Å². The first kappa shape index (κ1) is 24.3. The van der Waals surface area contributed by atoms with Crippen LogP contribution in [0.25, 0.3) is 5.57 Å². The van der Waals surface area contributed by atoms with Crippen LogP contribution >= 0.6 is 23.2 Å². The summed E-state index contributed by atoms with van der Waals surface area (Å²) in [5.41, 5.74) is 1.38. The van der Waals surface area contributed by atoms with E-state index in [-0.39, 0.29) is 39.3 Å². The second-order valence-corrected chi connectivity index (χ2v) is 8.70. The summed E-state index contributed by atoms with van der Waals surface area (Å²) in [5, 5.41) is 16.1. The predicted molar refractivity (Wildman–Crippen MR) is 135 cm³/mol. The van der Waals surface area contributed by atoms with Gasteiger partial charge >= 0.3 is 0 Å². The van der Waals surface area contributed by atoms with Gasteiger partial charge in [-0.05, 0) is 42.3 Å². The molecule has 0 saturated carbocycles. The molecule has 35 heavy (non-hydrogen) atoms. The number of aromatic nitrogens is 1. The van der Waals surface area contributed by atoms with Crippen LogP contribution in [-0.4, -0.2) is 46.3 Å². The Bertz CT molecular complexity index is 1340. The van der Waals surface area contributed by atoms with E-state index in [2.05, 4.69) is 15.6 Å². The number of halogens is 2. The minimum Gasteiger partial charge on any atom is -0.506 e. The Morgan fingerprint density at radius 2 is 1.74 bits per heavy atom. The Hall–Kier alpha value is -3.88. The van der Waals surface area contributed by atoms with Crippen molar-refractivity contribution in [3.05, 3.63) is 87.5 Å². The molecule has 8 nitrogen and oxygen atoms in total. The largest absolute Gasteiger partial charge is 0.506 e. The number of nitrogens with zero attached hydrogens (tertiary/aromatic N) is 2. The van der Waals surface area contributed by atoms with Crippen LogP contribution in [0.3, 0.4) is 0 Å². The van der Waals surface area contributed by atoms with Crippen molar-refractivity contribution in [3.8, 4) is 5.75 Å². The van der Waals surface area contributed by atoms with E-state index in [1.54, 1.807) is 42.3 Å². The van der Waals surface area contributed by atoms with Crippen LogP contribution in [-0.2, 0) is 4.79 Å². The Morgan fingerprint density at radius 3 is 2.43 bits per heavy atom. The smallest absolute Gasteiger partial charge is 0.259 e. The van der Waals surface area contributed by atoms with Gasteiger partial charge in [0.1, 0.15) is 11.6 Å². The summed E-state index contributed by atoms with van der Waals surface area (Å²) in [7, 11) is 1.74. The third-order valence-electron chi connectivity index (χ3n) is 5.38. The van der Waals surface area contributed by atoms with Gasteiger partial charge in [0.25, 0.3) is 17.7 Å². The molecular formula is C25H20Cl2N4O4. The van der Waals surface area contributed by atoms with Gasteiger partial charge in [0.05, 0.1) is 16.3 Å². The lowest BCUT2D eigenvalue weighted by Gasteiger charge is -2.23. The minimum absolute atomic E-state index is 0.0577. The molecule has 0 fully saturated rings. The maximum Gasteiger partial charge on any atom is 0.259 e. The van der Waals surface area contributed by atoms with Crippen molar-refractivity contribution in [2.75, 3.05) is 24.2 Å². The Labute approximate surface area is 211 Å². The molecule has 0 spiro atoms. The summed E-state index contributed by atoms with van der Waals surface area (Å²) < 4.78 is 0. The van der Waals surface area contributed by atoms with Gasteiger partial charge in [0, 0.05) is 42.0 Å². The quantitative estimate of drug-likeness (QED) is 0.425. The number of amides is 3. The predicted octanol–water partition coefficient (Wildman–Crippen LogP) is 4.84. The number of carbonyl (C=O) groups is 3. The molecule has 2 heterocycles. The monoisotopic (exact) mass is 510 g/mol. The van der Waals surface area contributed by atoms with Gasteiger partial charge in [-0.3, -0.25) is 14.4 Å². The molecule has 4 rings (SSSR count). The zero-order chi connectivity index (χ0) is 25.1. The fourth-order valence-electron chi connectivity index (χ4n) is 3.56. The number of benzene rings is 2. The molecule has 0 bridgehead atoms. The van der Waals surface area contributed by atoms with E-state index < -0.39 is 11.8 Å². The van der Waals surface area contributed by atoms with E-state index in [1.165, 1.54) is 24.4 Å².